The van der Waals surface area contributed by atoms with Crippen LogP contribution in [0.1, 0.15) is 58.9 Å². The van der Waals surface area contributed by atoms with E-state index in [4.69, 9.17) is 16.7 Å². The van der Waals surface area contributed by atoms with Gasteiger partial charge in [-0.25, -0.2) is 0 Å². The van der Waals surface area contributed by atoms with Gasteiger partial charge in [-0.05, 0) is 61.1 Å². The van der Waals surface area contributed by atoms with E-state index >= 15 is 0 Å². The van der Waals surface area contributed by atoms with Gasteiger partial charge < -0.3 is 5.32 Å². The van der Waals surface area contributed by atoms with Crippen LogP contribution in [0.5, 0.6) is 0 Å². The van der Waals surface area contributed by atoms with Gasteiger partial charge in [-0.1, -0.05) is 127 Å². The van der Waals surface area contributed by atoms with Crippen molar-refractivity contribution >= 4 is 29.3 Å². The fourth-order valence-corrected chi connectivity index (χ4v) is 6.25. The van der Waals surface area contributed by atoms with Gasteiger partial charge in [0.2, 0.25) is 5.91 Å². The van der Waals surface area contributed by atoms with Crippen molar-refractivity contribution in [2.45, 2.75) is 56.5 Å². The minimum atomic E-state index is -0.420. The number of hydrogen-bond donors (Lipinski definition) is 1. The number of hydrogen-bond acceptors (Lipinski definition) is 4. The van der Waals surface area contributed by atoms with Crippen LogP contribution < -0.4 is 5.32 Å². The van der Waals surface area contributed by atoms with Crippen molar-refractivity contribution in [1.82, 2.24) is 20.1 Å². The highest BCUT2D eigenvalue weighted by Gasteiger charge is 2.28. The number of aryl methyl sites for hydroxylation is 2. The minimum Gasteiger partial charge on any atom is -0.345 e. The lowest BCUT2D eigenvalue weighted by Gasteiger charge is -2.24. The van der Waals surface area contributed by atoms with E-state index in [1.165, 1.54) is 11.1 Å². The van der Waals surface area contributed by atoms with Gasteiger partial charge in [0.15, 0.2) is 11.0 Å². The first-order valence-electron chi connectivity index (χ1n) is 14.2. The average molecular weight is 595 g/mol. The highest BCUT2D eigenvalue weighted by atomic mass is 35.5. The molecule has 4 aromatic carbocycles. The van der Waals surface area contributed by atoms with Crippen LogP contribution in [0.25, 0.3) is 5.69 Å². The summed E-state index contributed by atoms with van der Waals surface area (Å²) in [7, 11) is 0. The predicted molar refractivity (Wildman–Crippen MR) is 172 cm³/mol. The molecular formula is C35H35ClN4OS. The maximum atomic E-state index is 13.9. The molecule has 5 aromatic rings. The molecular weight excluding hydrogens is 560 g/mol. The van der Waals surface area contributed by atoms with Crippen molar-refractivity contribution in [3.8, 4) is 5.69 Å². The number of amides is 1. The molecule has 5 nitrogen and oxygen atoms in total. The summed E-state index contributed by atoms with van der Waals surface area (Å²) < 4.78 is 2.07. The quantitative estimate of drug-likeness (QED) is 0.156. The van der Waals surface area contributed by atoms with Crippen molar-refractivity contribution in [2.24, 2.45) is 0 Å². The molecule has 0 spiro atoms. The Morgan fingerprint density at radius 3 is 2.31 bits per heavy atom. The van der Waals surface area contributed by atoms with Gasteiger partial charge in [0.1, 0.15) is 0 Å². The number of aromatic nitrogens is 3. The van der Waals surface area contributed by atoms with E-state index in [1.807, 2.05) is 73.7 Å². The molecule has 0 bridgehead atoms. The smallest absolute Gasteiger partial charge is 0.228 e. The molecule has 214 valence electrons. The lowest BCUT2D eigenvalue weighted by Crippen LogP contribution is -2.35. The van der Waals surface area contributed by atoms with Crippen LogP contribution >= 0.6 is 23.4 Å². The second-order valence-corrected chi connectivity index (χ2v) is 11.9. The van der Waals surface area contributed by atoms with Crippen LogP contribution in [0.4, 0.5) is 0 Å². The second-order valence-electron chi connectivity index (χ2n) is 10.5. The summed E-state index contributed by atoms with van der Waals surface area (Å²) in [6.45, 7) is 6.19. The fourth-order valence-electron chi connectivity index (χ4n) is 5.19. The van der Waals surface area contributed by atoms with Crippen molar-refractivity contribution in [2.75, 3.05) is 0 Å². The van der Waals surface area contributed by atoms with Gasteiger partial charge in [-0.15, -0.1) is 10.2 Å². The number of halogens is 1. The van der Waals surface area contributed by atoms with Crippen LogP contribution in [-0.4, -0.2) is 20.7 Å². The van der Waals surface area contributed by atoms with E-state index in [0.29, 0.717) is 23.7 Å². The van der Waals surface area contributed by atoms with Crippen LogP contribution in [0.15, 0.2) is 108 Å². The van der Waals surface area contributed by atoms with Gasteiger partial charge in [0.25, 0.3) is 0 Å². The van der Waals surface area contributed by atoms with Crippen molar-refractivity contribution in [3.05, 3.63) is 142 Å². The summed E-state index contributed by atoms with van der Waals surface area (Å²) in [4.78, 5) is 13.9. The molecule has 1 heterocycles. The summed E-state index contributed by atoms with van der Waals surface area (Å²) in [5.74, 6) is 1.10. The summed E-state index contributed by atoms with van der Waals surface area (Å²) in [6, 6.07) is 34.0. The molecule has 0 saturated heterocycles. The van der Waals surface area contributed by atoms with Gasteiger partial charge in [-0.2, -0.15) is 0 Å². The molecule has 0 aliphatic carbocycles. The van der Waals surface area contributed by atoms with Crippen molar-refractivity contribution in [1.29, 1.82) is 0 Å². The lowest BCUT2D eigenvalue weighted by atomic mass is 9.94. The van der Waals surface area contributed by atoms with Crippen LogP contribution in [0.2, 0.25) is 5.02 Å². The molecule has 2 atom stereocenters. The Morgan fingerprint density at radius 2 is 1.60 bits per heavy atom. The Balaban J connectivity index is 1.57. The average Bonchev–Trinajstić information content (AvgIpc) is 3.42. The molecule has 1 N–H and O–H groups in total. The Bertz CT molecular complexity index is 1640. The van der Waals surface area contributed by atoms with Crippen molar-refractivity contribution < 1.29 is 4.79 Å². The van der Waals surface area contributed by atoms with E-state index in [0.717, 1.165) is 33.3 Å². The van der Waals surface area contributed by atoms with Crippen LogP contribution in [0, 0.1) is 13.8 Å². The Hall–Kier alpha value is -3.87. The predicted octanol–water partition coefficient (Wildman–Crippen LogP) is 8.42. The fraction of sp³-hybridized carbons (Fsp3) is 0.229. The molecule has 0 fully saturated rings. The minimum absolute atomic E-state index is 0.0315. The Labute approximate surface area is 257 Å². The number of benzene rings is 4. The zero-order valence-electron chi connectivity index (χ0n) is 24.1. The molecule has 42 heavy (non-hydrogen) atoms. The summed E-state index contributed by atoms with van der Waals surface area (Å²) in [5.41, 5.74) is 6.46. The third-order valence-corrected chi connectivity index (χ3v) is 8.59. The van der Waals surface area contributed by atoms with Gasteiger partial charge in [-0.3, -0.25) is 9.36 Å². The first-order valence-corrected chi connectivity index (χ1v) is 15.6. The van der Waals surface area contributed by atoms with Crippen LogP contribution in [-0.2, 0) is 17.0 Å². The van der Waals surface area contributed by atoms with E-state index in [-0.39, 0.29) is 11.8 Å². The summed E-state index contributed by atoms with van der Waals surface area (Å²) in [6.07, 6.45) is 1.25. The Morgan fingerprint density at radius 1 is 0.881 bits per heavy atom. The monoisotopic (exact) mass is 594 g/mol. The van der Waals surface area contributed by atoms with E-state index in [2.05, 4.69) is 65.2 Å². The molecule has 0 saturated carbocycles. The molecule has 0 aliphatic heterocycles. The zero-order chi connectivity index (χ0) is 29.5. The molecule has 5 rings (SSSR count). The number of thioether (sulfide) groups is 1. The highest BCUT2D eigenvalue weighted by Crippen LogP contribution is 2.32. The highest BCUT2D eigenvalue weighted by molar-refractivity contribution is 7.98. The molecule has 7 heteroatoms. The maximum Gasteiger partial charge on any atom is 0.228 e. The topological polar surface area (TPSA) is 59.8 Å². The van der Waals surface area contributed by atoms with E-state index in [9.17, 15) is 4.79 Å². The summed E-state index contributed by atoms with van der Waals surface area (Å²) in [5, 5.41) is 14.2. The van der Waals surface area contributed by atoms with Crippen LogP contribution in [0.3, 0.4) is 0 Å². The number of carbonyl (C=O) groups is 1. The third-order valence-electron chi connectivity index (χ3n) is 7.36. The SMILES string of the molecule is CCC(C(=O)NC(Cc1ccccc1)c1nnc(SCc2cccc(C)c2)n1-c1cc(Cl)ccc1C)c1ccccc1. The summed E-state index contributed by atoms with van der Waals surface area (Å²) >= 11 is 8.14. The zero-order valence-corrected chi connectivity index (χ0v) is 25.7. The lowest BCUT2D eigenvalue weighted by molar-refractivity contribution is -0.123. The second kappa shape index (κ2) is 13.9. The standard InChI is InChI=1S/C35H35ClN4OS/c1-4-30(28-16-9-6-10-17-28)34(41)37-31(21-26-13-7-5-8-14-26)33-38-39-35(42-23-27-15-11-12-24(2)20-27)40(33)32-22-29(36)19-18-25(32)3/h5-20,22,30-31H,4,21,23H2,1-3H3,(H,37,41). The first kappa shape index (κ1) is 29.6. The Kier molecular flexibility index (Phi) is 9.78. The third kappa shape index (κ3) is 7.12. The molecule has 0 radical (unpaired) electrons. The number of nitrogens with zero attached hydrogens (tertiary/aromatic N) is 3. The maximum absolute atomic E-state index is 13.9. The first-order chi connectivity index (χ1) is 20.4. The van der Waals surface area contributed by atoms with Gasteiger partial charge in [0, 0.05) is 10.8 Å². The van der Waals surface area contributed by atoms with Crippen molar-refractivity contribution in [3.63, 3.8) is 0 Å². The number of rotatable bonds is 11. The molecule has 2 unspecified atom stereocenters. The normalized spacial score (nSPS) is 12.6. The van der Waals surface area contributed by atoms with Gasteiger partial charge >= 0.3 is 0 Å². The van der Waals surface area contributed by atoms with E-state index < -0.39 is 6.04 Å². The molecule has 1 aromatic heterocycles. The molecule has 1 amide bonds. The largest absolute Gasteiger partial charge is 0.345 e. The van der Waals surface area contributed by atoms with E-state index in [1.54, 1.807) is 11.8 Å². The number of carbonyl (C=O) groups excluding carboxylic acids is 1. The number of nitrogens with one attached hydrogen (secondary N) is 1. The van der Waals surface area contributed by atoms with Gasteiger partial charge in [0.05, 0.1) is 17.6 Å². The molecule has 0 aliphatic rings.